The Labute approximate surface area is 141 Å². The zero-order chi connectivity index (χ0) is 16.9. The first kappa shape index (κ1) is 16.7. The highest BCUT2D eigenvalue weighted by Gasteiger charge is 2.35. The van der Waals surface area contributed by atoms with Crippen LogP contribution in [0.2, 0.25) is 0 Å². The van der Waals surface area contributed by atoms with Crippen LogP contribution < -0.4 is 10.6 Å². The molecule has 5 nitrogen and oxygen atoms in total. The number of halogens is 1. The fourth-order valence-electron chi connectivity index (χ4n) is 3.58. The van der Waals surface area contributed by atoms with Crippen LogP contribution in [0.4, 0.5) is 14.9 Å². The summed E-state index contributed by atoms with van der Waals surface area (Å²) in [6.45, 7) is 0.583. The van der Waals surface area contributed by atoms with Crippen LogP contribution in [0.15, 0.2) is 24.3 Å². The zero-order valence-corrected chi connectivity index (χ0v) is 13.8. The van der Waals surface area contributed by atoms with Crippen LogP contribution in [0.25, 0.3) is 0 Å². The number of hydrogen-bond donors (Lipinski definition) is 2. The molecular formula is C18H24FN3O2. The number of carbonyl (C=O) groups is 2. The summed E-state index contributed by atoms with van der Waals surface area (Å²) in [7, 11) is 0. The maximum absolute atomic E-state index is 13.2. The monoisotopic (exact) mass is 333 g/mol. The molecule has 1 aromatic rings. The lowest BCUT2D eigenvalue weighted by Gasteiger charge is -2.29. The number of urea groups is 1. The molecule has 2 aliphatic rings. The largest absolute Gasteiger partial charge is 0.335 e. The van der Waals surface area contributed by atoms with Crippen LogP contribution in [-0.2, 0) is 4.79 Å². The molecule has 1 saturated heterocycles. The van der Waals surface area contributed by atoms with E-state index in [4.69, 9.17) is 0 Å². The molecule has 0 bridgehead atoms. The quantitative estimate of drug-likeness (QED) is 0.892. The molecule has 130 valence electrons. The number of rotatable bonds is 3. The first-order chi connectivity index (χ1) is 11.6. The lowest BCUT2D eigenvalue weighted by atomic mass is 9.96. The predicted molar refractivity (Wildman–Crippen MR) is 90.2 cm³/mol. The Balaban J connectivity index is 1.59. The molecule has 2 fully saturated rings. The average molecular weight is 333 g/mol. The van der Waals surface area contributed by atoms with Crippen molar-refractivity contribution < 1.29 is 14.0 Å². The molecule has 24 heavy (non-hydrogen) atoms. The van der Waals surface area contributed by atoms with Gasteiger partial charge in [-0.3, -0.25) is 4.79 Å². The Morgan fingerprint density at radius 3 is 2.62 bits per heavy atom. The summed E-state index contributed by atoms with van der Waals surface area (Å²) < 4.78 is 13.2. The first-order valence-electron chi connectivity index (χ1n) is 8.77. The Morgan fingerprint density at radius 2 is 1.88 bits per heavy atom. The highest BCUT2D eigenvalue weighted by molar-refractivity contribution is 5.97. The molecule has 1 aliphatic heterocycles. The summed E-state index contributed by atoms with van der Waals surface area (Å²) in [6, 6.07) is 5.37. The average Bonchev–Trinajstić information content (AvgIpc) is 3.06. The van der Waals surface area contributed by atoms with Crippen LogP contribution in [-0.4, -0.2) is 35.5 Å². The number of benzene rings is 1. The van der Waals surface area contributed by atoms with E-state index in [2.05, 4.69) is 10.6 Å². The van der Waals surface area contributed by atoms with E-state index in [0.29, 0.717) is 18.7 Å². The number of carbonyl (C=O) groups excluding carboxylic acids is 2. The summed E-state index contributed by atoms with van der Waals surface area (Å²) in [6.07, 6.45) is 7.00. The van der Waals surface area contributed by atoms with E-state index in [-0.39, 0.29) is 18.0 Å². The van der Waals surface area contributed by atoms with Gasteiger partial charge >= 0.3 is 6.03 Å². The highest BCUT2D eigenvalue weighted by atomic mass is 19.1. The molecule has 3 amide bonds. The van der Waals surface area contributed by atoms with Crippen molar-refractivity contribution >= 4 is 17.6 Å². The van der Waals surface area contributed by atoms with Crippen LogP contribution in [0.3, 0.4) is 0 Å². The minimum Gasteiger partial charge on any atom is -0.335 e. The third kappa shape index (κ3) is 4.04. The first-order valence-corrected chi connectivity index (χ1v) is 8.77. The number of nitrogens with zero attached hydrogens (tertiary/aromatic N) is 1. The standard InChI is InChI=1S/C18H24FN3O2/c19-13-6-4-9-15(12-13)20-17(23)16-10-5-11-22(16)18(24)21-14-7-2-1-3-8-14/h4,6,9,12,14,16H,1-3,5,7-8,10-11H2,(H,20,23)(H,21,24). The minimum atomic E-state index is -0.489. The van der Waals surface area contributed by atoms with E-state index < -0.39 is 11.9 Å². The van der Waals surface area contributed by atoms with Crippen molar-refractivity contribution in [2.24, 2.45) is 0 Å². The summed E-state index contributed by atoms with van der Waals surface area (Å²) in [5, 5.41) is 5.78. The lowest BCUT2D eigenvalue weighted by molar-refractivity contribution is -0.119. The molecule has 0 radical (unpaired) electrons. The van der Waals surface area contributed by atoms with Gasteiger partial charge in [-0.15, -0.1) is 0 Å². The van der Waals surface area contributed by atoms with Gasteiger partial charge in [0.15, 0.2) is 0 Å². The fourth-order valence-corrected chi connectivity index (χ4v) is 3.58. The summed E-state index contributed by atoms with van der Waals surface area (Å²) in [5.41, 5.74) is 0.416. The van der Waals surface area contributed by atoms with Gasteiger partial charge in [0.05, 0.1) is 0 Å². The lowest BCUT2D eigenvalue weighted by Crippen LogP contribution is -2.50. The number of anilines is 1. The van der Waals surface area contributed by atoms with E-state index in [9.17, 15) is 14.0 Å². The van der Waals surface area contributed by atoms with Crippen molar-refractivity contribution in [3.8, 4) is 0 Å². The Bertz CT molecular complexity index is 602. The molecule has 1 aromatic carbocycles. The van der Waals surface area contributed by atoms with E-state index in [1.54, 1.807) is 17.0 Å². The van der Waals surface area contributed by atoms with E-state index in [1.807, 2.05) is 0 Å². The zero-order valence-electron chi connectivity index (χ0n) is 13.8. The van der Waals surface area contributed by atoms with Gasteiger partial charge in [0.25, 0.3) is 0 Å². The maximum Gasteiger partial charge on any atom is 0.318 e. The van der Waals surface area contributed by atoms with Gasteiger partial charge in [-0.1, -0.05) is 25.3 Å². The van der Waals surface area contributed by atoms with Crippen molar-refractivity contribution in [2.45, 2.75) is 57.0 Å². The topological polar surface area (TPSA) is 61.4 Å². The van der Waals surface area contributed by atoms with Gasteiger partial charge in [-0.05, 0) is 43.9 Å². The number of hydrogen-bond acceptors (Lipinski definition) is 2. The second-order valence-electron chi connectivity index (χ2n) is 6.64. The van der Waals surface area contributed by atoms with Gasteiger partial charge < -0.3 is 15.5 Å². The third-order valence-corrected chi connectivity index (χ3v) is 4.84. The highest BCUT2D eigenvalue weighted by Crippen LogP contribution is 2.22. The van der Waals surface area contributed by atoms with Crippen LogP contribution >= 0.6 is 0 Å². The molecule has 1 aliphatic carbocycles. The molecular weight excluding hydrogens is 309 g/mol. The second kappa shape index (κ2) is 7.64. The Kier molecular flexibility index (Phi) is 5.33. The molecule has 1 heterocycles. The molecule has 0 spiro atoms. The molecule has 3 rings (SSSR count). The van der Waals surface area contributed by atoms with Crippen LogP contribution in [0.1, 0.15) is 44.9 Å². The predicted octanol–water partition coefficient (Wildman–Crippen LogP) is 3.27. The number of amides is 3. The van der Waals surface area contributed by atoms with Gasteiger partial charge in [0.2, 0.25) is 5.91 Å². The van der Waals surface area contributed by atoms with Gasteiger partial charge in [0, 0.05) is 18.3 Å². The van der Waals surface area contributed by atoms with E-state index in [0.717, 1.165) is 32.1 Å². The normalized spacial score (nSPS) is 21.5. The Morgan fingerprint density at radius 1 is 1.08 bits per heavy atom. The number of likely N-dealkylation sites (tertiary alicyclic amines) is 1. The SMILES string of the molecule is O=C(Nc1cccc(F)c1)C1CCCN1C(=O)NC1CCCCC1. The smallest absolute Gasteiger partial charge is 0.318 e. The van der Waals surface area contributed by atoms with Crippen molar-refractivity contribution in [1.29, 1.82) is 0 Å². The van der Waals surface area contributed by atoms with Crippen molar-refractivity contribution in [1.82, 2.24) is 10.2 Å². The van der Waals surface area contributed by atoms with Gasteiger partial charge in [-0.2, -0.15) is 0 Å². The molecule has 2 N–H and O–H groups in total. The van der Waals surface area contributed by atoms with Crippen molar-refractivity contribution in [3.05, 3.63) is 30.1 Å². The van der Waals surface area contributed by atoms with Crippen molar-refractivity contribution in [3.63, 3.8) is 0 Å². The molecule has 0 aromatic heterocycles. The third-order valence-electron chi connectivity index (χ3n) is 4.84. The summed E-state index contributed by atoms with van der Waals surface area (Å²) in [4.78, 5) is 26.6. The minimum absolute atomic E-state index is 0.154. The fraction of sp³-hybridized carbons (Fsp3) is 0.556. The number of nitrogens with one attached hydrogen (secondary N) is 2. The van der Waals surface area contributed by atoms with Crippen LogP contribution in [0, 0.1) is 5.82 Å². The molecule has 1 unspecified atom stereocenters. The molecule has 6 heteroatoms. The molecule has 1 atom stereocenters. The van der Waals surface area contributed by atoms with E-state index in [1.165, 1.54) is 18.6 Å². The van der Waals surface area contributed by atoms with Crippen LogP contribution in [0.5, 0.6) is 0 Å². The maximum atomic E-state index is 13.2. The summed E-state index contributed by atoms with van der Waals surface area (Å²) >= 11 is 0. The summed E-state index contributed by atoms with van der Waals surface area (Å²) in [5.74, 6) is -0.650. The second-order valence-corrected chi connectivity index (χ2v) is 6.64. The Hall–Kier alpha value is -2.11. The molecule has 1 saturated carbocycles. The van der Waals surface area contributed by atoms with Gasteiger partial charge in [-0.25, -0.2) is 9.18 Å². The van der Waals surface area contributed by atoms with Gasteiger partial charge in [0.1, 0.15) is 11.9 Å². The van der Waals surface area contributed by atoms with Crippen molar-refractivity contribution in [2.75, 3.05) is 11.9 Å². The van der Waals surface area contributed by atoms with E-state index >= 15 is 0 Å².